The lowest BCUT2D eigenvalue weighted by atomic mass is 10.1. The van der Waals surface area contributed by atoms with E-state index in [0.29, 0.717) is 6.04 Å². The van der Waals surface area contributed by atoms with Gasteiger partial charge in [-0.3, -0.25) is 10.00 Å². The number of aromatic amines is 1. The number of nitrogens with one attached hydrogen (secondary N) is 1. The van der Waals surface area contributed by atoms with Crippen molar-refractivity contribution in [2.75, 3.05) is 13.1 Å². The Morgan fingerprint density at radius 1 is 1.12 bits per heavy atom. The topological polar surface area (TPSA) is 57.9 Å². The van der Waals surface area contributed by atoms with E-state index < -0.39 is 0 Å². The summed E-state index contributed by atoms with van der Waals surface area (Å²) in [5, 5.41) is 9.03. The Morgan fingerprint density at radius 3 is 2.71 bits per heavy atom. The molecule has 0 saturated carbocycles. The fourth-order valence-electron chi connectivity index (χ4n) is 3.45. The largest absolute Gasteiger partial charge is 0.325 e. The van der Waals surface area contributed by atoms with Gasteiger partial charge in [-0.1, -0.05) is 42.5 Å². The van der Waals surface area contributed by atoms with Crippen molar-refractivity contribution in [2.45, 2.75) is 12.6 Å². The van der Waals surface area contributed by atoms with Crippen LogP contribution in [-0.2, 0) is 6.54 Å². The summed E-state index contributed by atoms with van der Waals surface area (Å²) in [5.41, 5.74) is 10.5. The minimum Gasteiger partial charge on any atom is -0.325 e. The van der Waals surface area contributed by atoms with Crippen LogP contribution in [0.1, 0.15) is 5.56 Å². The maximum Gasteiger partial charge on any atom is 0.110 e. The zero-order valence-electron chi connectivity index (χ0n) is 13.2. The molecule has 1 aliphatic rings. The van der Waals surface area contributed by atoms with Gasteiger partial charge in [-0.25, -0.2) is 0 Å². The van der Waals surface area contributed by atoms with Crippen LogP contribution < -0.4 is 5.73 Å². The number of nitrogens with zero attached hydrogens (tertiary/aromatic N) is 2. The Hall–Kier alpha value is -2.21. The van der Waals surface area contributed by atoms with E-state index >= 15 is 0 Å². The zero-order valence-corrected chi connectivity index (χ0v) is 14.0. The first-order valence-electron chi connectivity index (χ1n) is 8.21. The van der Waals surface area contributed by atoms with E-state index in [1.165, 1.54) is 20.3 Å². The molecule has 1 fully saturated rings. The molecule has 5 rings (SSSR count). The molecule has 0 aliphatic carbocycles. The van der Waals surface area contributed by atoms with Gasteiger partial charge in [0.1, 0.15) is 5.69 Å². The summed E-state index contributed by atoms with van der Waals surface area (Å²) < 4.78 is 2.53. The van der Waals surface area contributed by atoms with Crippen molar-refractivity contribution < 1.29 is 0 Å². The summed E-state index contributed by atoms with van der Waals surface area (Å²) in [6.45, 7) is 2.99. The molecule has 4 aromatic rings. The van der Waals surface area contributed by atoms with Gasteiger partial charge in [0.2, 0.25) is 0 Å². The standard InChI is InChI=1S/C19H18N4S/c20-14-10-23(11-14)9-12-5-7-13(8-6-12)17-19-18(22-21-17)15-3-1-2-4-16(15)24-19/h1-8,14H,9-11,20H2,(H,21,22). The van der Waals surface area contributed by atoms with E-state index in [1.54, 1.807) is 11.3 Å². The molecule has 2 aromatic carbocycles. The number of thiophene rings is 1. The second-order valence-corrected chi connectivity index (χ2v) is 7.58. The Labute approximate surface area is 143 Å². The fraction of sp³-hybridized carbons (Fsp3) is 0.211. The van der Waals surface area contributed by atoms with E-state index in [0.717, 1.165) is 36.4 Å². The molecule has 120 valence electrons. The predicted molar refractivity (Wildman–Crippen MR) is 100 cm³/mol. The third kappa shape index (κ3) is 2.24. The highest BCUT2D eigenvalue weighted by Gasteiger charge is 2.22. The van der Waals surface area contributed by atoms with Gasteiger partial charge in [-0.05, 0) is 11.6 Å². The Kier molecular flexibility index (Phi) is 3.19. The maximum atomic E-state index is 5.84. The number of rotatable bonds is 3. The number of H-pyrrole nitrogens is 1. The second-order valence-electron chi connectivity index (χ2n) is 6.53. The lowest BCUT2D eigenvalue weighted by Crippen LogP contribution is -2.54. The lowest BCUT2D eigenvalue weighted by molar-refractivity contribution is 0.142. The van der Waals surface area contributed by atoms with Crippen molar-refractivity contribution in [1.82, 2.24) is 15.1 Å². The SMILES string of the molecule is NC1CN(Cc2ccc(-c3n[nH]c4c3sc3ccccc34)cc2)C1. The third-order valence-electron chi connectivity index (χ3n) is 4.71. The van der Waals surface area contributed by atoms with E-state index in [2.05, 4.69) is 63.6 Å². The molecule has 24 heavy (non-hydrogen) atoms. The molecule has 0 spiro atoms. The molecule has 3 N–H and O–H groups in total. The smallest absolute Gasteiger partial charge is 0.110 e. The molecule has 5 heteroatoms. The van der Waals surface area contributed by atoms with Gasteiger partial charge < -0.3 is 5.73 Å². The summed E-state index contributed by atoms with van der Waals surface area (Å²) in [5.74, 6) is 0. The van der Waals surface area contributed by atoms with E-state index in [9.17, 15) is 0 Å². The molecule has 1 aliphatic heterocycles. The zero-order chi connectivity index (χ0) is 16.1. The molecule has 0 unspecified atom stereocenters. The minimum absolute atomic E-state index is 0.356. The molecule has 0 bridgehead atoms. The molecule has 0 radical (unpaired) electrons. The highest BCUT2D eigenvalue weighted by molar-refractivity contribution is 7.26. The number of hydrogen-bond donors (Lipinski definition) is 2. The summed E-state index contributed by atoms with van der Waals surface area (Å²) in [7, 11) is 0. The van der Waals surface area contributed by atoms with Gasteiger partial charge in [-0.2, -0.15) is 5.10 Å². The number of aromatic nitrogens is 2. The van der Waals surface area contributed by atoms with Gasteiger partial charge in [0.25, 0.3) is 0 Å². The van der Waals surface area contributed by atoms with Crippen molar-refractivity contribution in [2.24, 2.45) is 5.73 Å². The lowest BCUT2D eigenvalue weighted by Gasteiger charge is -2.36. The van der Waals surface area contributed by atoms with Crippen LogP contribution in [0.5, 0.6) is 0 Å². The van der Waals surface area contributed by atoms with Crippen LogP contribution >= 0.6 is 11.3 Å². The summed E-state index contributed by atoms with van der Waals surface area (Å²) in [6, 6.07) is 17.6. The van der Waals surface area contributed by atoms with Crippen LogP contribution in [0.4, 0.5) is 0 Å². The number of benzene rings is 2. The Bertz CT molecular complexity index is 1010. The van der Waals surface area contributed by atoms with Gasteiger partial charge in [0.15, 0.2) is 0 Å². The predicted octanol–water partition coefficient (Wildman–Crippen LogP) is 3.59. The molecule has 2 aromatic heterocycles. The van der Waals surface area contributed by atoms with Crippen LogP contribution in [0, 0.1) is 0 Å². The second kappa shape index (κ2) is 5.41. The number of likely N-dealkylation sites (tertiary alicyclic amines) is 1. The monoisotopic (exact) mass is 334 g/mol. The average molecular weight is 334 g/mol. The fourth-order valence-corrected chi connectivity index (χ4v) is 4.61. The normalized spacial score (nSPS) is 16.0. The van der Waals surface area contributed by atoms with Crippen LogP contribution in [0.25, 0.3) is 31.6 Å². The van der Waals surface area contributed by atoms with Crippen molar-refractivity contribution in [3.05, 3.63) is 54.1 Å². The first kappa shape index (κ1) is 14.2. The summed E-state index contributed by atoms with van der Waals surface area (Å²) in [4.78, 5) is 2.37. The van der Waals surface area contributed by atoms with Crippen molar-refractivity contribution in [1.29, 1.82) is 0 Å². The third-order valence-corrected chi connectivity index (χ3v) is 5.89. The average Bonchev–Trinajstić information content (AvgIpc) is 3.13. The quantitative estimate of drug-likeness (QED) is 0.602. The van der Waals surface area contributed by atoms with Crippen LogP contribution in [0.15, 0.2) is 48.5 Å². The van der Waals surface area contributed by atoms with E-state index in [-0.39, 0.29) is 0 Å². The summed E-state index contributed by atoms with van der Waals surface area (Å²) >= 11 is 1.80. The molecular formula is C19H18N4S. The molecular weight excluding hydrogens is 316 g/mol. The van der Waals surface area contributed by atoms with Crippen LogP contribution in [0.3, 0.4) is 0 Å². The first-order chi connectivity index (χ1) is 11.8. The van der Waals surface area contributed by atoms with Crippen LogP contribution in [0.2, 0.25) is 0 Å². The highest BCUT2D eigenvalue weighted by Crippen LogP contribution is 2.38. The number of nitrogens with two attached hydrogens (primary N) is 1. The van der Waals surface area contributed by atoms with Gasteiger partial charge in [-0.15, -0.1) is 11.3 Å². The molecule has 3 heterocycles. The van der Waals surface area contributed by atoms with Crippen LogP contribution in [-0.4, -0.2) is 34.2 Å². The van der Waals surface area contributed by atoms with E-state index in [1.807, 2.05) is 0 Å². The molecule has 4 nitrogen and oxygen atoms in total. The molecule has 1 saturated heterocycles. The molecule has 0 atom stereocenters. The number of fused-ring (bicyclic) bond motifs is 3. The Balaban J connectivity index is 1.48. The summed E-state index contributed by atoms with van der Waals surface area (Å²) in [6.07, 6.45) is 0. The van der Waals surface area contributed by atoms with Crippen molar-refractivity contribution in [3.8, 4) is 11.3 Å². The maximum absolute atomic E-state index is 5.84. The first-order valence-corrected chi connectivity index (χ1v) is 9.02. The van der Waals surface area contributed by atoms with Crippen molar-refractivity contribution in [3.63, 3.8) is 0 Å². The van der Waals surface area contributed by atoms with Crippen molar-refractivity contribution >= 4 is 31.6 Å². The van der Waals surface area contributed by atoms with Gasteiger partial charge in [0, 0.05) is 41.3 Å². The highest BCUT2D eigenvalue weighted by atomic mass is 32.1. The minimum atomic E-state index is 0.356. The Morgan fingerprint density at radius 2 is 1.92 bits per heavy atom. The van der Waals surface area contributed by atoms with Gasteiger partial charge >= 0.3 is 0 Å². The molecule has 0 amide bonds. The van der Waals surface area contributed by atoms with E-state index in [4.69, 9.17) is 5.73 Å². The van der Waals surface area contributed by atoms with Gasteiger partial charge in [0.05, 0.1) is 10.2 Å². The number of hydrogen-bond acceptors (Lipinski definition) is 4.